The Hall–Kier alpha value is -2.78. The molecular formula is C17H18N6O2S. The molecule has 8 nitrogen and oxygen atoms in total. The van der Waals surface area contributed by atoms with Crippen LogP contribution in [0.3, 0.4) is 0 Å². The maximum atomic E-state index is 11.7. The highest BCUT2D eigenvalue weighted by Gasteiger charge is 2.25. The summed E-state index contributed by atoms with van der Waals surface area (Å²) in [6.07, 6.45) is 2.72. The third kappa shape index (κ3) is 2.85. The Morgan fingerprint density at radius 1 is 1.27 bits per heavy atom. The first kappa shape index (κ1) is 16.7. The lowest BCUT2D eigenvalue weighted by Crippen LogP contribution is -2.36. The number of anilines is 2. The zero-order valence-electron chi connectivity index (χ0n) is 13.9. The van der Waals surface area contributed by atoms with Crippen LogP contribution in [0.1, 0.15) is 22.5 Å². The highest BCUT2D eigenvalue weighted by atomic mass is 32.1. The molecule has 0 bridgehead atoms. The van der Waals surface area contributed by atoms with Gasteiger partial charge < -0.3 is 21.5 Å². The highest BCUT2D eigenvalue weighted by Crippen LogP contribution is 2.38. The normalized spacial score (nSPS) is 15.5. The van der Waals surface area contributed by atoms with Crippen molar-refractivity contribution < 1.29 is 9.90 Å². The van der Waals surface area contributed by atoms with E-state index in [0.717, 1.165) is 0 Å². The largest absolute Gasteiger partial charge is 0.397 e. The summed E-state index contributed by atoms with van der Waals surface area (Å²) in [5, 5.41) is 10.3. The molecule has 3 aromatic rings. The number of aliphatic hydroxyl groups is 1. The van der Waals surface area contributed by atoms with E-state index in [9.17, 15) is 9.90 Å². The summed E-state index contributed by atoms with van der Waals surface area (Å²) >= 11 is 1.17. The molecule has 1 aliphatic rings. The molecule has 134 valence electrons. The molecule has 0 aromatic carbocycles. The number of rotatable bonds is 3. The van der Waals surface area contributed by atoms with Crippen LogP contribution in [-0.4, -0.2) is 45.2 Å². The van der Waals surface area contributed by atoms with Gasteiger partial charge in [-0.15, -0.1) is 11.3 Å². The third-order valence-electron chi connectivity index (χ3n) is 4.46. The smallest absolute Gasteiger partial charge is 0.260 e. The van der Waals surface area contributed by atoms with Crippen LogP contribution in [0.5, 0.6) is 0 Å². The third-order valence-corrected chi connectivity index (χ3v) is 5.57. The van der Waals surface area contributed by atoms with Gasteiger partial charge in [0.15, 0.2) is 0 Å². The summed E-state index contributed by atoms with van der Waals surface area (Å²) < 4.78 is 0. The van der Waals surface area contributed by atoms with E-state index in [1.165, 1.54) is 11.3 Å². The molecular weight excluding hydrogens is 352 g/mol. The van der Waals surface area contributed by atoms with Crippen LogP contribution in [0.4, 0.5) is 11.6 Å². The molecule has 0 radical (unpaired) electrons. The summed E-state index contributed by atoms with van der Waals surface area (Å²) in [6, 6.07) is 5.53. The van der Waals surface area contributed by atoms with Crippen molar-refractivity contribution in [3.8, 4) is 11.4 Å². The van der Waals surface area contributed by atoms with Crippen molar-refractivity contribution in [1.29, 1.82) is 0 Å². The molecule has 1 amide bonds. The monoisotopic (exact) mass is 370 g/mol. The molecule has 5 N–H and O–H groups in total. The van der Waals surface area contributed by atoms with E-state index >= 15 is 0 Å². The number of amides is 1. The minimum absolute atomic E-state index is 0.276. The minimum Gasteiger partial charge on any atom is -0.397 e. The Labute approximate surface area is 153 Å². The summed E-state index contributed by atoms with van der Waals surface area (Å²) in [5.41, 5.74) is 13.2. The van der Waals surface area contributed by atoms with Crippen LogP contribution >= 0.6 is 11.3 Å². The Morgan fingerprint density at radius 2 is 2.04 bits per heavy atom. The van der Waals surface area contributed by atoms with E-state index in [1.54, 1.807) is 6.20 Å². The molecule has 1 saturated heterocycles. The Kier molecular flexibility index (Phi) is 4.17. The lowest BCUT2D eigenvalue weighted by atomic mass is 10.1. The number of pyridine rings is 1. The maximum absolute atomic E-state index is 11.7. The van der Waals surface area contributed by atoms with E-state index in [-0.39, 0.29) is 11.0 Å². The number of piperidine rings is 1. The second-order valence-electron chi connectivity index (χ2n) is 6.19. The molecule has 1 fully saturated rings. The molecule has 9 heteroatoms. The van der Waals surface area contributed by atoms with Gasteiger partial charge in [0.1, 0.15) is 15.4 Å². The van der Waals surface area contributed by atoms with Crippen molar-refractivity contribution in [2.75, 3.05) is 23.7 Å². The lowest BCUT2D eigenvalue weighted by molar-refractivity contribution is 0.100. The molecule has 3 aromatic heterocycles. The van der Waals surface area contributed by atoms with Crippen LogP contribution in [-0.2, 0) is 0 Å². The molecule has 4 heterocycles. The number of nitrogens with two attached hydrogens (primary N) is 2. The second-order valence-corrected chi connectivity index (χ2v) is 7.19. The fourth-order valence-corrected chi connectivity index (χ4v) is 4.03. The summed E-state index contributed by atoms with van der Waals surface area (Å²) in [4.78, 5) is 28.3. The quantitative estimate of drug-likeness (QED) is 0.635. The standard InChI is InChI=1S/C17H18N6O2S/c18-12-11-13(10-3-1-2-6-20-10)21-17(23-7-4-9(24)5-8-23)22-16(11)26-14(12)15(19)25/h1-3,6,9,24H,4-5,7-8,18H2,(H2,19,25). The van der Waals surface area contributed by atoms with Gasteiger partial charge in [-0.25, -0.2) is 9.97 Å². The summed E-state index contributed by atoms with van der Waals surface area (Å²) in [5.74, 6) is -0.0394. The average molecular weight is 370 g/mol. The van der Waals surface area contributed by atoms with Gasteiger partial charge in [-0.05, 0) is 25.0 Å². The molecule has 0 saturated carbocycles. The topological polar surface area (TPSA) is 131 Å². The Bertz CT molecular complexity index is 966. The number of hydrogen-bond acceptors (Lipinski definition) is 8. The van der Waals surface area contributed by atoms with Gasteiger partial charge in [-0.2, -0.15) is 0 Å². The number of fused-ring (bicyclic) bond motifs is 1. The minimum atomic E-state index is -0.583. The zero-order valence-corrected chi connectivity index (χ0v) is 14.7. The number of thiophene rings is 1. The number of primary amides is 1. The summed E-state index contributed by atoms with van der Waals surface area (Å²) in [7, 11) is 0. The fraction of sp³-hybridized carbons (Fsp3) is 0.294. The number of nitrogen functional groups attached to an aromatic ring is 1. The van der Waals surface area contributed by atoms with Crippen LogP contribution < -0.4 is 16.4 Å². The van der Waals surface area contributed by atoms with Crippen molar-refractivity contribution in [2.45, 2.75) is 18.9 Å². The Morgan fingerprint density at radius 3 is 2.69 bits per heavy atom. The van der Waals surface area contributed by atoms with E-state index in [2.05, 4.69) is 9.97 Å². The molecule has 26 heavy (non-hydrogen) atoms. The molecule has 0 spiro atoms. The van der Waals surface area contributed by atoms with Crippen molar-refractivity contribution in [3.05, 3.63) is 29.3 Å². The fourth-order valence-electron chi connectivity index (χ4n) is 3.09. The van der Waals surface area contributed by atoms with E-state index in [0.29, 0.717) is 59.2 Å². The number of aliphatic hydroxyl groups excluding tert-OH is 1. The maximum Gasteiger partial charge on any atom is 0.260 e. The van der Waals surface area contributed by atoms with Gasteiger partial charge in [0, 0.05) is 19.3 Å². The lowest BCUT2D eigenvalue weighted by Gasteiger charge is -2.29. The molecule has 0 aliphatic carbocycles. The molecule has 1 aliphatic heterocycles. The van der Waals surface area contributed by atoms with Crippen molar-refractivity contribution in [1.82, 2.24) is 15.0 Å². The van der Waals surface area contributed by atoms with Crippen molar-refractivity contribution >= 4 is 39.1 Å². The predicted octanol–water partition coefficient (Wildman–Crippen LogP) is 1.40. The van der Waals surface area contributed by atoms with E-state index in [4.69, 9.17) is 16.5 Å². The van der Waals surface area contributed by atoms with Crippen LogP contribution in [0, 0.1) is 0 Å². The first-order valence-electron chi connectivity index (χ1n) is 8.29. The molecule has 0 unspecified atom stereocenters. The molecule has 0 atom stereocenters. The predicted molar refractivity (Wildman–Crippen MR) is 101 cm³/mol. The van der Waals surface area contributed by atoms with Crippen LogP contribution in [0.15, 0.2) is 24.4 Å². The number of carbonyl (C=O) groups is 1. The number of nitrogens with zero attached hydrogens (tertiary/aromatic N) is 4. The highest BCUT2D eigenvalue weighted by molar-refractivity contribution is 7.21. The number of carbonyl (C=O) groups excluding carboxylic acids is 1. The van der Waals surface area contributed by atoms with E-state index < -0.39 is 5.91 Å². The first-order chi connectivity index (χ1) is 12.5. The number of hydrogen-bond donors (Lipinski definition) is 3. The van der Waals surface area contributed by atoms with Gasteiger partial charge in [0.05, 0.1) is 22.9 Å². The SMILES string of the molecule is NC(=O)c1sc2nc(N3CCC(O)CC3)nc(-c3ccccn3)c2c1N. The van der Waals surface area contributed by atoms with Crippen molar-refractivity contribution in [3.63, 3.8) is 0 Å². The van der Waals surface area contributed by atoms with Crippen LogP contribution in [0.2, 0.25) is 0 Å². The van der Waals surface area contributed by atoms with Gasteiger partial charge in [0.25, 0.3) is 5.91 Å². The van der Waals surface area contributed by atoms with E-state index in [1.807, 2.05) is 23.1 Å². The Balaban J connectivity index is 1.92. The van der Waals surface area contributed by atoms with Gasteiger partial charge >= 0.3 is 0 Å². The van der Waals surface area contributed by atoms with Gasteiger partial charge in [-0.3, -0.25) is 9.78 Å². The van der Waals surface area contributed by atoms with Crippen LogP contribution in [0.25, 0.3) is 21.6 Å². The van der Waals surface area contributed by atoms with Gasteiger partial charge in [-0.1, -0.05) is 6.07 Å². The zero-order chi connectivity index (χ0) is 18.3. The number of aromatic nitrogens is 3. The average Bonchev–Trinajstić information content (AvgIpc) is 2.99. The summed E-state index contributed by atoms with van der Waals surface area (Å²) in [6.45, 7) is 1.33. The van der Waals surface area contributed by atoms with Crippen molar-refractivity contribution in [2.24, 2.45) is 5.73 Å². The van der Waals surface area contributed by atoms with Gasteiger partial charge in [0.2, 0.25) is 5.95 Å². The first-order valence-corrected chi connectivity index (χ1v) is 9.10. The second kappa shape index (κ2) is 6.50. The molecule has 4 rings (SSSR count).